The smallest absolute Gasteiger partial charge is 0.166 e. The Morgan fingerprint density at radius 3 is 2.76 bits per heavy atom. The van der Waals surface area contributed by atoms with E-state index in [0.717, 1.165) is 0 Å². The number of ether oxygens (including phenoxy) is 1. The third-order valence-electron chi connectivity index (χ3n) is 2.09. The number of hydrogen-bond acceptors (Lipinski definition) is 3. The molecule has 3 nitrogen and oxygen atoms in total. The molecule has 5 heteroatoms. The monoisotopic (exact) mass is 305 g/mol. The van der Waals surface area contributed by atoms with Crippen LogP contribution in [0.2, 0.25) is 0 Å². The molecule has 0 amide bonds. The molecular weight excluding hydrogens is 289 g/mol. The summed E-state index contributed by atoms with van der Waals surface area (Å²) >= 11 is 3.16. The van der Waals surface area contributed by atoms with Crippen LogP contribution in [-0.4, -0.2) is 30.4 Å². The highest BCUT2D eigenvalue weighted by molar-refractivity contribution is 9.10. The Kier molecular flexibility index (Phi) is 5.88. The largest absolute Gasteiger partial charge is 0.488 e. The molecule has 96 valence electrons. The topological polar surface area (TPSA) is 41.5 Å². The molecule has 0 aliphatic rings. The van der Waals surface area contributed by atoms with Crippen LogP contribution in [0.25, 0.3) is 0 Å². The van der Waals surface area contributed by atoms with Crippen molar-refractivity contribution in [2.24, 2.45) is 0 Å². The van der Waals surface area contributed by atoms with Gasteiger partial charge in [-0.15, -0.1) is 0 Å². The standard InChI is InChI=1S/C12H17BrFNO2/c1-8(2)15-6-10(16)7-17-12-4-3-9(13)5-11(12)14/h3-5,8,10,15-16H,6-7H2,1-2H3. The summed E-state index contributed by atoms with van der Waals surface area (Å²) in [5, 5.41) is 12.7. The Labute approximate surface area is 109 Å². The number of rotatable bonds is 6. The van der Waals surface area contributed by atoms with E-state index in [1.807, 2.05) is 13.8 Å². The van der Waals surface area contributed by atoms with Crippen molar-refractivity contribution in [1.29, 1.82) is 0 Å². The summed E-state index contributed by atoms with van der Waals surface area (Å²) in [5.74, 6) is -0.291. The first kappa shape index (κ1) is 14.4. The molecule has 17 heavy (non-hydrogen) atoms. The van der Waals surface area contributed by atoms with Crippen LogP contribution in [0.5, 0.6) is 5.75 Å². The molecule has 1 aromatic carbocycles. The molecule has 0 fully saturated rings. The SMILES string of the molecule is CC(C)NCC(O)COc1ccc(Br)cc1F. The quantitative estimate of drug-likeness (QED) is 0.847. The minimum Gasteiger partial charge on any atom is -0.488 e. The summed E-state index contributed by atoms with van der Waals surface area (Å²) < 4.78 is 19.2. The van der Waals surface area contributed by atoms with Crippen LogP contribution >= 0.6 is 15.9 Å². The van der Waals surface area contributed by atoms with Gasteiger partial charge < -0.3 is 15.2 Å². The van der Waals surface area contributed by atoms with E-state index in [0.29, 0.717) is 17.1 Å². The van der Waals surface area contributed by atoms with Gasteiger partial charge >= 0.3 is 0 Å². The van der Waals surface area contributed by atoms with Crippen molar-refractivity contribution in [3.05, 3.63) is 28.5 Å². The predicted molar refractivity (Wildman–Crippen MR) is 68.7 cm³/mol. The predicted octanol–water partition coefficient (Wildman–Crippen LogP) is 2.33. The molecule has 1 atom stereocenters. The summed E-state index contributed by atoms with van der Waals surface area (Å²) in [6.45, 7) is 4.47. The summed E-state index contributed by atoms with van der Waals surface area (Å²) in [5.41, 5.74) is 0. The van der Waals surface area contributed by atoms with E-state index in [1.54, 1.807) is 6.07 Å². The molecule has 0 saturated carbocycles. The average Bonchev–Trinajstić information content (AvgIpc) is 2.25. The van der Waals surface area contributed by atoms with Crippen LogP contribution in [0.3, 0.4) is 0 Å². The normalized spacial score (nSPS) is 12.8. The van der Waals surface area contributed by atoms with Crippen molar-refractivity contribution in [1.82, 2.24) is 5.32 Å². The highest BCUT2D eigenvalue weighted by Crippen LogP contribution is 2.21. The zero-order valence-electron chi connectivity index (χ0n) is 9.91. The molecule has 1 rings (SSSR count). The van der Waals surface area contributed by atoms with Crippen molar-refractivity contribution < 1.29 is 14.2 Å². The van der Waals surface area contributed by atoms with Gasteiger partial charge in [0.25, 0.3) is 0 Å². The lowest BCUT2D eigenvalue weighted by atomic mass is 10.3. The van der Waals surface area contributed by atoms with Gasteiger partial charge in [-0.3, -0.25) is 0 Å². The van der Waals surface area contributed by atoms with E-state index in [-0.39, 0.29) is 12.4 Å². The maximum atomic E-state index is 13.4. The Hall–Kier alpha value is -0.650. The molecular formula is C12H17BrFNO2. The summed E-state index contributed by atoms with van der Waals surface area (Å²) in [4.78, 5) is 0. The molecule has 2 N–H and O–H groups in total. The van der Waals surface area contributed by atoms with Gasteiger partial charge in [-0.05, 0) is 18.2 Å². The Morgan fingerprint density at radius 2 is 2.18 bits per heavy atom. The third-order valence-corrected chi connectivity index (χ3v) is 2.58. The highest BCUT2D eigenvalue weighted by Gasteiger charge is 2.08. The van der Waals surface area contributed by atoms with Gasteiger partial charge in [0.2, 0.25) is 0 Å². The molecule has 1 aromatic rings. The number of halogens is 2. The van der Waals surface area contributed by atoms with E-state index in [2.05, 4.69) is 21.2 Å². The second-order valence-electron chi connectivity index (χ2n) is 4.10. The molecule has 0 spiro atoms. The number of hydrogen-bond donors (Lipinski definition) is 2. The minimum absolute atomic E-state index is 0.0677. The lowest BCUT2D eigenvalue weighted by Crippen LogP contribution is -2.35. The first-order valence-corrected chi connectivity index (χ1v) is 6.27. The molecule has 0 radical (unpaired) electrons. The van der Waals surface area contributed by atoms with Crippen LogP contribution in [0.1, 0.15) is 13.8 Å². The van der Waals surface area contributed by atoms with Gasteiger partial charge in [-0.2, -0.15) is 0 Å². The van der Waals surface area contributed by atoms with E-state index in [1.165, 1.54) is 12.1 Å². The van der Waals surface area contributed by atoms with Crippen molar-refractivity contribution in [3.63, 3.8) is 0 Å². The Balaban J connectivity index is 2.39. The van der Waals surface area contributed by atoms with Gasteiger partial charge in [0.05, 0.1) is 0 Å². The van der Waals surface area contributed by atoms with E-state index < -0.39 is 11.9 Å². The zero-order chi connectivity index (χ0) is 12.8. The van der Waals surface area contributed by atoms with E-state index in [9.17, 15) is 9.50 Å². The van der Waals surface area contributed by atoms with Crippen molar-refractivity contribution in [2.45, 2.75) is 26.0 Å². The first-order chi connectivity index (χ1) is 7.99. The fraction of sp³-hybridized carbons (Fsp3) is 0.500. The first-order valence-electron chi connectivity index (χ1n) is 5.48. The molecule has 0 aromatic heterocycles. The number of benzene rings is 1. The second-order valence-corrected chi connectivity index (χ2v) is 5.02. The molecule has 1 unspecified atom stereocenters. The van der Waals surface area contributed by atoms with Crippen LogP contribution in [0, 0.1) is 5.82 Å². The lowest BCUT2D eigenvalue weighted by Gasteiger charge is -2.15. The summed E-state index contributed by atoms with van der Waals surface area (Å²) in [6, 6.07) is 4.85. The lowest BCUT2D eigenvalue weighted by molar-refractivity contribution is 0.102. The van der Waals surface area contributed by atoms with Gasteiger partial charge in [0.1, 0.15) is 12.7 Å². The molecule has 0 heterocycles. The zero-order valence-corrected chi connectivity index (χ0v) is 11.5. The van der Waals surface area contributed by atoms with Crippen LogP contribution in [0.4, 0.5) is 4.39 Å². The van der Waals surface area contributed by atoms with Crippen LogP contribution in [-0.2, 0) is 0 Å². The maximum Gasteiger partial charge on any atom is 0.166 e. The second kappa shape index (κ2) is 6.93. The molecule has 0 saturated heterocycles. The minimum atomic E-state index is -0.652. The number of aliphatic hydroxyl groups is 1. The van der Waals surface area contributed by atoms with Gasteiger partial charge in [-0.25, -0.2) is 4.39 Å². The fourth-order valence-electron chi connectivity index (χ4n) is 1.21. The summed E-state index contributed by atoms with van der Waals surface area (Å²) in [6.07, 6.45) is -0.652. The Morgan fingerprint density at radius 1 is 1.47 bits per heavy atom. The third kappa shape index (κ3) is 5.48. The number of nitrogens with one attached hydrogen (secondary N) is 1. The van der Waals surface area contributed by atoms with Crippen LogP contribution in [0.15, 0.2) is 22.7 Å². The average molecular weight is 306 g/mol. The van der Waals surface area contributed by atoms with Crippen molar-refractivity contribution in [3.8, 4) is 5.75 Å². The fourth-order valence-corrected chi connectivity index (χ4v) is 1.54. The molecule has 0 aliphatic heterocycles. The Bertz CT molecular complexity index is 360. The van der Waals surface area contributed by atoms with Gasteiger partial charge in [0.15, 0.2) is 11.6 Å². The highest BCUT2D eigenvalue weighted by atomic mass is 79.9. The number of aliphatic hydroxyl groups excluding tert-OH is 1. The van der Waals surface area contributed by atoms with E-state index >= 15 is 0 Å². The van der Waals surface area contributed by atoms with Gasteiger partial charge in [0, 0.05) is 17.1 Å². The van der Waals surface area contributed by atoms with E-state index in [4.69, 9.17) is 4.74 Å². The van der Waals surface area contributed by atoms with Gasteiger partial charge in [-0.1, -0.05) is 29.8 Å². The molecule has 0 bridgehead atoms. The molecule has 0 aliphatic carbocycles. The maximum absolute atomic E-state index is 13.4. The van der Waals surface area contributed by atoms with Crippen LogP contribution < -0.4 is 10.1 Å². The summed E-state index contributed by atoms with van der Waals surface area (Å²) in [7, 11) is 0. The van der Waals surface area contributed by atoms with Crippen molar-refractivity contribution >= 4 is 15.9 Å². The van der Waals surface area contributed by atoms with Crippen molar-refractivity contribution in [2.75, 3.05) is 13.2 Å².